The molecule has 22 heavy (non-hydrogen) atoms. The van der Waals surface area contributed by atoms with E-state index >= 15 is 0 Å². The second-order valence-corrected chi connectivity index (χ2v) is 4.34. The molecule has 0 bridgehead atoms. The van der Waals surface area contributed by atoms with Crippen molar-refractivity contribution in [2.75, 3.05) is 0 Å². The molecule has 2 rings (SSSR count). The zero-order valence-corrected chi connectivity index (χ0v) is 10.9. The third-order valence-corrected chi connectivity index (χ3v) is 2.86. The maximum Gasteiger partial charge on any atom is 0.573 e. The van der Waals surface area contributed by atoms with Crippen molar-refractivity contribution >= 4 is 6.29 Å². The van der Waals surface area contributed by atoms with Gasteiger partial charge in [0.2, 0.25) is 0 Å². The maximum atomic E-state index is 12.5. The molecular formula is C15H9F5O2. The molecule has 0 N–H and O–H groups in total. The largest absolute Gasteiger partial charge is 0.573 e. The minimum atomic E-state index is -4.86. The number of alkyl halides is 5. The van der Waals surface area contributed by atoms with Crippen LogP contribution in [0.25, 0.3) is 11.1 Å². The number of carbonyl (C=O) groups excluding carboxylic acids is 1. The number of ether oxygens (including phenoxy) is 1. The summed E-state index contributed by atoms with van der Waals surface area (Å²) in [5.74, 6) is -0.494. The van der Waals surface area contributed by atoms with Crippen LogP contribution in [-0.2, 0) is 0 Å². The summed E-state index contributed by atoms with van der Waals surface area (Å²) in [5, 5.41) is 0. The minimum Gasteiger partial charge on any atom is -0.406 e. The molecule has 2 aromatic rings. The van der Waals surface area contributed by atoms with Crippen LogP contribution in [-0.4, -0.2) is 12.6 Å². The lowest BCUT2D eigenvalue weighted by Crippen LogP contribution is -2.17. The van der Waals surface area contributed by atoms with Gasteiger partial charge < -0.3 is 4.74 Å². The van der Waals surface area contributed by atoms with E-state index in [1.54, 1.807) is 0 Å². The molecule has 0 aliphatic carbocycles. The summed E-state index contributed by atoms with van der Waals surface area (Å²) in [7, 11) is 0. The number of rotatable bonds is 4. The van der Waals surface area contributed by atoms with Crippen LogP contribution in [0.15, 0.2) is 42.5 Å². The van der Waals surface area contributed by atoms with Gasteiger partial charge in [-0.15, -0.1) is 13.2 Å². The first-order chi connectivity index (χ1) is 10.3. The molecule has 0 spiro atoms. The van der Waals surface area contributed by atoms with Crippen LogP contribution in [0.3, 0.4) is 0 Å². The van der Waals surface area contributed by atoms with Gasteiger partial charge in [0.25, 0.3) is 6.43 Å². The molecule has 116 valence electrons. The van der Waals surface area contributed by atoms with Crippen molar-refractivity contribution in [3.63, 3.8) is 0 Å². The number of carbonyl (C=O) groups is 1. The lowest BCUT2D eigenvalue weighted by Gasteiger charge is -2.12. The van der Waals surface area contributed by atoms with Gasteiger partial charge in [-0.3, -0.25) is 4.79 Å². The first-order valence-electron chi connectivity index (χ1n) is 6.03. The molecule has 0 heterocycles. The van der Waals surface area contributed by atoms with Crippen LogP contribution in [0, 0.1) is 0 Å². The SMILES string of the molecule is O=Cc1ccc(OC(F)(F)F)cc1-c1ccc(C(F)F)cc1. The van der Waals surface area contributed by atoms with E-state index in [-0.39, 0.29) is 16.7 Å². The molecule has 0 saturated carbocycles. The zero-order chi connectivity index (χ0) is 16.3. The summed E-state index contributed by atoms with van der Waals surface area (Å²) in [6.45, 7) is 0. The zero-order valence-electron chi connectivity index (χ0n) is 10.9. The highest BCUT2D eigenvalue weighted by atomic mass is 19.4. The van der Waals surface area contributed by atoms with Gasteiger partial charge in [0, 0.05) is 11.1 Å². The quantitative estimate of drug-likeness (QED) is 0.586. The molecule has 2 aromatic carbocycles. The van der Waals surface area contributed by atoms with Crippen LogP contribution < -0.4 is 4.74 Å². The molecule has 0 atom stereocenters. The van der Waals surface area contributed by atoms with Crippen LogP contribution >= 0.6 is 0 Å². The molecule has 0 saturated heterocycles. The van der Waals surface area contributed by atoms with E-state index in [1.807, 2.05) is 0 Å². The molecule has 0 aliphatic rings. The van der Waals surface area contributed by atoms with Gasteiger partial charge in [-0.2, -0.15) is 0 Å². The Morgan fingerprint density at radius 3 is 2.14 bits per heavy atom. The molecule has 0 fully saturated rings. The fraction of sp³-hybridized carbons (Fsp3) is 0.133. The van der Waals surface area contributed by atoms with Crippen molar-refractivity contribution in [3.8, 4) is 16.9 Å². The van der Waals surface area contributed by atoms with Gasteiger partial charge in [0.05, 0.1) is 0 Å². The Morgan fingerprint density at radius 2 is 1.64 bits per heavy atom. The molecule has 2 nitrogen and oxygen atoms in total. The Morgan fingerprint density at radius 1 is 1.00 bits per heavy atom. The summed E-state index contributed by atoms with van der Waals surface area (Å²) in [6.07, 6.45) is -7.05. The standard InChI is InChI=1S/C15H9F5O2/c16-14(17)10-3-1-9(2-4-10)13-7-12(22-15(18,19)20)6-5-11(13)8-21/h1-8,14H. The number of hydrogen-bond acceptors (Lipinski definition) is 2. The Bertz CT molecular complexity index is 663. The fourth-order valence-electron chi connectivity index (χ4n) is 1.89. The molecule has 0 aromatic heterocycles. The predicted octanol–water partition coefficient (Wildman–Crippen LogP) is 5.00. The number of benzene rings is 2. The topological polar surface area (TPSA) is 26.3 Å². The molecule has 0 aliphatic heterocycles. The number of aldehydes is 1. The number of hydrogen-bond donors (Lipinski definition) is 0. The van der Waals surface area contributed by atoms with Gasteiger partial charge in [-0.1, -0.05) is 24.3 Å². The summed E-state index contributed by atoms with van der Waals surface area (Å²) >= 11 is 0. The van der Waals surface area contributed by atoms with Crippen LogP contribution in [0.4, 0.5) is 22.0 Å². The lowest BCUT2D eigenvalue weighted by atomic mass is 9.99. The second-order valence-electron chi connectivity index (χ2n) is 4.34. The van der Waals surface area contributed by atoms with Gasteiger partial charge in [-0.25, -0.2) is 8.78 Å². The van der Waals surface area contributed by atoms with Crippen molar-refractivity contribution < 1.29 is 31.5 Å². The third-order valence-electron chi connectivity index (χ3n) is 2.86. The van der Waals surface area contributed by atoms with Crippen molar-refractivity contribution in [3.05, 3.63) is 53.6 Å². The maximum absolute atomic E-state index is 12.5. The highest BCUT2D eigenvalue weighted by Gasteiger charge is 2.31. The summed E-state index contributed by atoms with van der Waals surface area (Å²) in [4.78, 5) is 11.0. The molecule has 0 unspecified atom stereocenters. The minimum absolute atomic E-state index is 0.124. The van der Waals surface area contributed by atoms with E-state index in [9.17, 15) is 26.7 Å². The Hall–Kier alpha value is -2.44. The monoisotopic (exact) mass is 316 g/mol. The van der Waals surface area contributed by atoms with Crippen molar-refractivity contribution in [1.29, 1.82) is 0 Å². The van der Waals surface area contributed by atoms with E-state index in [2.05, 4.69) is 4.74 Å². The highest BCUT2D eigenvalue weighted by Crippen LogP contribution is 2.31. The van der Waals surface area contributed by atoms with Crippen LogP contribution in [0.2, 0.25) is 0 Å². The van der Waals surface area contributed by atoms with Crippen molar-refractivity contribution in [2.24, 2.45) is 0 Å². The first kappa shape index (κ1) is 15.9. The van der Waals surface area contributed by atoms with Crippen molar-refractivity contribution in [1.82, 2.24) is 0 Å². The molecule has 0 amide bonds. The summed E-state index contributed by atoms with van der Waals surface area (Å²) in [5.41, 5.74) is 0.398. The third kappa shape index (κ3) is 3.81. The Balaban J connectivity index is 2.43. The molecule has 0 radical (unpaired) electrons. The van der Waals surface area contributed by atoms with Gasteiger partial charge >= 0.3 is 6.36 Å². The Labute approximate surface area is 122 Å². The summed E-state index contributed by atoms with van der Waals surface area (Å²) < 4.78 is 65.5. The van der Waals surface area contributed by atoms with Gasteiger partial charge in [0.1, 0.15) is 5.75 Å². The van der Waals surface area contributed by atoms with E-state index in [1.165, 1.54) is 18.2 Å². The summed E-state index contributed by atoms with van der Waals surface area (Å²) in [6, 6.07) is 8.12. The molecule has 7 heteroatoms. The number of halogens is 5. The average Bonchev–Trinajstić information content (AvgIpc) is 2.45. The molecular weight excluding hydrogens is 307 g/mol. The van der Waals surface area contributed by atoms with Crippen LogP contribution in [0.5, 0.6) is 5.75 Å². The lowest BCUT2D eigenvalue weighted by molar-refractivity contribution is -0.274. The first-order valence-corrected chi connectivity index (χ1v) is 6.03. The Kier molecular flexibility index (Phi) is 4.44. The highest BCUT2D eigenvalue weighted by molar-refractivity contribution is 5.88. The average molecular weight is 316 g/mol. The van der Waals surface area contributed by atoms with Gasteiger partial charge in [0.15, 0.2) is 6.29 Å². The van der Waals surface area contributed by atoms with Crippen molar-refractivity contribution in [2.45, 2.75) is 12.8 Å². The predicted molar refractivity (Wildman–Crippen MR) is 68.9 cm³/mol. The van der Waals surface area contributed by atoms with E-state index in [0.717, 1.165) is 24.3 Å². The van der Waals surface area contributed by atoms with Gasteiger partial charge in [-0.05, 0) is 29.3 Å². The van der Waals surface area contributed by atoms with E-state index in [4.69, 9.17) is 0 Å². The van der Waals surface area contributed by atoms with E-state index in [0.29, 0.717) is 11.8 Å². The smallest absolute Gasteiger partial charge is 0.406 e. The normalized spacial score (nSPS) is 11.5. The fourth-order valence-corrected chi connectivity index (χ4v) is 1.89. The van der Waals surface area contributed by atoms with E-state index < -0.39 is 18.5 Å². The second kappa shape index (κ2) is 6.13. The van der Waals surface area contributed by atoms with Crippen LogP contribution in [0.1, 0.15) is 22.3 Å².